The van der Waals surface area contributed by atoms with E-state index >= 15 is 0 Å². The number of carbonyl (C=O) groups is 1. The zero-order valence-corrected chi connectivity index (χ0v) is 13.9. The number of carbonyl (C=O) groups excluding carboxylic acids is 1. The molecule has 0 aliphatic heterocycles. The van der Waals surface area contributed by atoms with Gasteiger partial charge in [0.15, 0.2) is 0 Å². The summed E-state index contributed by atoms with van der Waals surface area (Å²) in [6.45, 7) is 3.00. The molecule has 1 amide bonds. The van der Waals surface area contributed by atoms with E-state index in [1.807, 2.05) is 0 Å². The van der Waals surface area contributed by atoms with Crippen LogP contribution in [0.1, 0.15) is 43.2 Å². The van der Waals surface area contributed by atoms with Crippen molar-refractivity contribution >= 4 is 21.8 Å². The van der Waals surface area contributed by atoms with Crippen LogP contribution in [-0.4, -0.2) is 28.7 Å². The van der Waals surface area contributed by atoms with Gasteiger partial charge in [0, 0.05) is 24.3 Å². The smallest absolute Gasteiger partial charge is 0.223 e. The first kappa shape index (κ1) is 15.6. The second kappa shape index (κ2) is 7.82. The maximum atomic E-state index is 12.4. The number of halogens is 1. The molecule has 1 saturated carbocycles. The van der Waals surface area contributed by atoms with Crippen molar-refractivity contribution in [1.82, 2.24) is 4.90 Å². The largest absolute Gasteiger partial charge is 0.340 e. The molecule has 0 spiro atoms. The molecule has 110 valence electrons. The first-order chi connectivity index (χ1) is 9.70. The molecule has 20 heavy (non-hydrogen) atoms. The first-order valence-corrected chi connectivity index (χ1v) is 8.74. The number of hydrogen-bond donors (Lipinski definition) is 0. The van der Waals surface area contributed by atoms with Gasteiger partial charge in [-0.25, -0.2) is 0 Å². The highest BCUT2D eigenvalue weighted by Crippen LogP contribution is 2.26. The van der Waals surface area contributed by atoms with Crippen LogP contribution in [-0.2, 0) is 11.2 Å². The summed E-state index contributed by atoms with van der Waals surface area (Å²) >= 11 is 3.46. The van der Waals surface area contributed by atoms with Gasteiger partial charge >= 0.3 is 0 Å². The van der Waals surface area contributed by atoms with E-state index in [-0.39, 0.29) is 0 Å². The lowest BCUT2D eigenvalue weighted by Gasteiger charge is -2.37. The van der Waals surface area contributed by atoms with Crippen LogP contribution >= 0.6 is 15.9 Å². The van der Waals surface area contributed by atoms with Crippen molar-refractivity contribution in [2.45, 2.75) is 51.5 Å². The third kappa shape index (κ3) is 4.34. The molecule has 0 N–H and O–H groups in total. The Balaban J connectivity index is 1.85. The van der Waals surface area contributed by atoms with Gasteiger partial charge in [0.05, 0.1) is 0 Å². The van der Waals surface area contributed by atoms with Crippen LogP contribution in [0.25, 0.3) is 0 Å². The van der Waals surface area contributed by atoms with Gasteiger partial charge in [-0.2, -0.15) is 0 Å². The Morgan fingerprint density at radius 3 is 2.55 bits per heavy atom. The summed E-state index contributed by atoms with van der Waals surface area (Å²) in [5, 5.41) is 0.974. The zero-order valence-electron chi connectivity index (χ0n) is 12.3. The molecule has 2 rings (SSSR count). The SMILES string of the molecule is Cc1ccc(CCC(=O)N(CCCBr)C2CCC2)cc1. The van der Waals surface area contributed by atoms with Crippen molar-refractivity contribution in [1.29, 1.82) is 0 Å². The van der Waals surface area contributed by atoms with E-state index in [1.54, 1.807) is 0 Å². The average molecular weight is 338 g/mol. The van der Waals surface area contributed by atoms with Crippen molar-refractivity contribution in [3.8, 4) is 0 Å². The number of nitrogens with zero attached hydrogens (tertiary/aromatic N) is 1. The van der Waals surface area contributed by atoms with Crippen LogP contribution in [0.5, 0.6) is 0 Å². The Kier molecular flexibility index (Phi) is 6.08. The quantitative estimate of drug-likeness (QED) is 0.686. The fraction of sp³-hybridized carbons (Fsp3) is 0.588. The molecule has 0 saturated heterocycles. The van der Waals surface area contributed by atoms with Gasteiger partial charge < -0.3 is 4.90 Å². The molecule has 0 radical (unpaired) electrons. The van der Waals surface area contributed by atoms with Crippen molar-refractivity contribution in [2.24, 2.45) is 0 Å². The lowest BCUT2D eigenvalue weighted by atomic mass is 9.91. The Hall–Kier alpha value is -0.830. The van der Waals surface area contributed by atoms with E-state index in [4.69, 9.17) is 0 Å². The molecule has 1 aliphatic carbocycles. The molecule has 1 fully saturated rings. The molecule has 1 aliphatic rings. The van der Waals surface area contributed by atoms with Crippen molar-refractivity contribution in [3.63, 3.8) is 0 Å². The standard InChI is InChI=1S/C17H24BrNO/c1-14-6-8-15(9-7-14)10-11-17(20)19(13-3-12-18)16-4-2-5-16/h6-9,16H,2-5,10-13H2,1H3. The Morgan fingerprint density at radius 2 is 2.00 bits per heavy atom. The van der Waals surface area contributed by atoms with Gasteiger partial charge in [0.1, 0.15) is 0 Å². The fourth-order valence-electron chi connectivity index (χ4n) is 2.59. The number of alkyl halides is 1. The lowest BCUT2D eigenvalue weighted by molar-refractivity contribution is -0.135. The third-order valence-corrected chi connectivity index (χ3v) is 4.68. The topological polar surface area (TPSA) is 20.3 Å². The van der Waals surface area contributed by atoms with Crippen LogP contribution in [0.15, 0.2) is 24.3 Å². The summed E-state index contributed by atoms with van der Waals surface area (Å²) in [6, 6.07) is 9.02. The molecule has 1 aromatic rings. The second-order valence-electron chi connectivity index (χ2n) is 5.70. The van der Waals surface area contributed by atoms with Crippen LogP contribution in [0.3, 0.4) is 0 Å². The first-order valence-electron chi connectivity index (χ1n) is 7.61. The molecular weight excluding hydrogens is 314 g/mol. The van der Waals surface area contributed by atoms with Crippen LogP contribution in [0.4, 0.5) is 0 Å². The van der Waals surface area contributed by atoms with Gasteiger partial charge in [0.2, 0.25) is 5.91 Å². The van der Waals surface area contributed by atoms with Crippen LogP contribution in [0, 0.1) is 6.92 Å². The second-order valence-corrected chi connectivity index (χ2v) is 6.49. The van der Waals surface area contributed by atoms with E-state index in [0.29, 0.717) is 18.4 Å². The summed E-state index contributed by atoms with van der Waals surface area (Å²) in [6.07, 6.45) is 6.21. The number of aryl methyl sites for hydroxylation is 2. The Morgan fingerprint density at radius 1 is 1.30 bits per heavy atom. The van der Waals surface area contributed by atoms with Crippen LogP contribution in [0.2, 0.25) is 0 Å². The maximum Gasteiger partial charge on any atom is 0.223 e. The van der Waals surface area contributed by atoms with E-state index in [1.165, 1.54) is 30.4 Å². The third-order valence-electron chi connectivity index (χ3n) is 4.12. The van der Waals surface area contributed by atoms with Gasteiger partial charge in [0.25, 0.3) is 0 Å². The van der Waals surface area contributed by atoms with Crippen molar-refractivity contribution in [3.05, 3.63) is 35.4 Å². The number of amides is 1. The number of rotatable bonds is 7. The van der Waals surface area contributed by atoms with Crippen molar-refractivity contribution in [2.75, 3.05) is 11.9 Å². The molecule has 0 aromatic heterocycles. The zero-order chi connectivity index (χ0) is 14.4. The van der Waals surface area contributed by atoms with Gasteiger partial charge in [-0.15, -0.1) is 0 Å². The van der Waals surface area contributed by atoms with E-state index in [2.05, 4.69) is 52.0 Å². The van der Waals surface area contributed by atoms with Crippen LogP contribution < -0.4 is 0 Å². The summed E-state index contributed by atoms with van der Waals surface area (Å²) in [5.41, 5.74) is 2.53. The normalized spacial score (nSPS) is 14.9. The van der Waals surface area contributed by atoms with E-state index in [9.17, 15) is 4.79 Å². The molecular formula is C17H24BrNO. The summed E-state index contributed by atoms with van der Waals surface area (Å²) in [7, 11) is 0. The lowest BCUT2D eigenvalue weighted by Crippen LogP contribution is -2.44. The predicted octanol–water partition coefficient (Wildman–Crippen LogP) is 4.09. The number of benzene rings is 1. The Labute approximate surface area is 130 Å². The van der Waals surface area contributed by atoms with Gasteiger partial charge in [-0.1, -0.05) is 45.8 Å². The van der Waals surface area contributed by atoms with Crippen molar-refractivity contribution < 1.29 is 4.79 Å². The average Bonchev–Trinajstić information content (AvgIpc) is 2.40. The highest BCUT2D eigenvalue weighted by atomic mass is 79.9. The summed E-state index contributed by atoms with van der Waals surface area (Å²) in [4.78, 5) is 14.6. The van der Waals surface area contributed by atoms with Gasteiger partial charge in [-0.3, -0.25) is 4.79 Å². The van der Waals surface area contributed by atoms with E-state index < -0.39 is 0 Å². The Bertz CT molecular complexity index is 425. The molecule has 0 bridgehead atoms. The maximum absolute atomic E-state index is 12.4. The van der Waals surface area contributed by atoms with Gasteiger partial charge in [-0.05, 0) is 44.6 Å². The highest BCUT2D eigenvalue weighted by Gasteiger charge is 2.27. The minimum atomic E-state index is 0.330. The molecule has 0 unspecified atom stereocenters. The summed E-state index contributed by atoms with van der Waals surface area (Å²) < 4.78 is 0. The molecule has 0 atom stereocenters. The minimum Gasteiger partial charge on any atom is -0.340 e. The molecule has 3 heteroatoms. The van der Waals surface area contributed by atoms with E-state index in [0.717, 1.165) is 24.7 Å². The minimum absolute atomic E-state index is 0.330. The molecule has 2 nitrogen and oxygen atoms in total. The molecule has 0 heterocycles. The summed E-state index contributed by atoms with van der Waals surface area (Å²) in [5.74, 6) is 0.330. The number of hydrogen-bond acceptors (Lipinski definition) is 1. The monoisotopic (exact) mass is 337 g/mol. The predicted molar refractivity (Wildman–Crippen MR) is 87.3 cm³/mol. The highest BCUT2D eigenvalue weighted by molar-refractivity contribution is 9.09. The molecule has 1 aromatic carbocycles. The fourth-order valence-corrected chi connectivity index (χ4v) is 2.84.